The average Bonchev–Trinajstić information content (AvgIpc) is 2.99. The van der Waals surface area contributed by atoms with Crippen LogP contribution in [0.25, 0.3) is 0 Å². The van der Waals surface area contributed by atoms with Crippen molar-refractivity contribution in [3.05, 3.63) is 22.8 Å². The number of anilines is 1. The van der Waals surface area contributed by atoms with Gasteiger partial charge in [-0.2, -0.15) is 4.98 Å². The van der Waals surface area contributed by atoms with E-state index in [2.05, 4.69) is 15.1 Å². The number of nitrogens with two attached hydrogens (primary N) is 1. The standard InChI is InChI=1S/C12H18N4O2S/c1-12(2,17-3)10-15-9(18-16-10)6-4-5-8-7-19-11(13)14-8/h7H,4-6H2,1-3H3,(H2,13,14). The molecule has 0 radical (unpaired) electrons. The van der Waals surface area contributed by atoms with Crippen molar-refractivity contribution in [2.45, 2.75) is 38.7 Å². The Morgan fingerprint density at radius 2 is 2.16 bits per heavy atom. The lowest BCUT2D eigenvalue weighted by molar-refractivity contribution is 0.00973. The topological polar surface area (TPSA) is 87.1 Å². The predicted octanol–water partition coefficient (Wildman–Crippen LogP) is 2.17. The van der Waals surface area contributed by atoms with Crippen LogP contribution in [-0.2, 0) is 23.2 Å². The van der Waals surface area contributed by atoms with Crippen LogP contribution in [0.1, 0.15) is 37.7 Å². The molecule has 0 aliphatic rings. The van der Waals surface area contributed by atoms with Crippen LogP contribution in [0.15, 0.2) is 9.90 Å². The van der Waals surface area contributed by atoms with Crippen molar-refractivity contribution in [2.75, 3.05) is 12.8 Å². The summed E-state index contributed by atoms with van der Waals surface area (Å²) in [5.41, 5.74) is 6.07. The molecule has 0 fully saturated rings. The van der Waals surface area contributed by atoms with E-state index in [1.165, 1.54) is 11.3 Å². The quantitative estimate of drug-likeness (QED) is 0.873. The highest BCUT2D eigenvalue weighted by Gasteiger charge is 2.25. The molecule has 7 heteroatoms. The first kappa shape index (κ1) is 14.0. The molecular formula is C12H18N4O2S. The molecule has 104 valence electrons. The van der Waals surface area contributed by atoms with E-state index in [0.717, 1.165) is 25.0 Å². The summed E-state index contributed by atoms with van der Waals surface area (Å²) >= 11 is 1.46. The number of methoxy groups -OCH3 is 1. The molecule has 0 saturated heterocycles. The number of aromatic nitrogens is 3. The minimum atomic E-state index is -0.523. The van der Waals surface area contributed by atoms with Crippen LogP contribution in [0.5, 0.6) is 0 Å². The molecule has 0 aliphatic carbocycles. The first-order valence-electron chi connectivity index (χ1n) is 6.09. The molecule has 0 bridgehead atoms. The average molecular weight is 282 g/mol. The lowest BCUT2D eigenvalue weighted by atomic mass is 10.1. The molecule has 2 aromatic rings. The molecule has 2 rings (SSSR count). The van der Waals surface area contributed by atoms with Crippen LogP contribution in [0.4, 0.5) is 5.13 Å². The van der Waals surface area contributed by atoms with Gasteiger partial charge in [0, 0.05) is 18.9 Å². The first-order valence-corrected chi connectivity index (χ1v) is 6.97. The first-order chi connectivity index (χ1) is 9.01. The second-order valence-electron chi connectivity index (χ2n) is 4.76. The fraction of sp³-hybridized carbons (Fsp3) is 0.583. The van der Waals surface area contributed by atoms with Crippen molar-refractivity contribution in [1.82, 2.24) is 15.1 Å². The summed E-state index contributed by atoms with van der Waals surface area (Å²) in [6.45, 7) is 3.80. The number of aryl methyl sites for hydroxylation is 2. The molecule has 2 heterocycles. The van der Waals surface area contributed by atoms with Crippen LogP contribution >= 0.6 is 11.3 Å². The van der Waals surface area contributed by atoms with Crippen LogP contribution < -0.4 is 5.73 Å². The van der Waals surface area contributed by atoms with E-state index in [4.69, 9.17) is 15.0 Å². The van der Waals surface area contributed by atoms with Gasteiger partial charge in [0.15, 0.2) is 5.13 Å². The Hall–Kier alpha value is -1.47. The van der Waals surface area contributed by atoms with Gasteiger partial charge < -0.3 is 15.0 Å². The summed E-state index contributed by atoms with van der Waals surface area (Å²) in [4.78, 5) is 8.55. The Kier molecular flexibility index (Phi) is 4.16. The van der Waals surface area contributed by atoms with Gasteiger partial charge in [-0.15, -0.1) is 11.3 Å². The van der Waals surface area contributed by atoms with Crippen molar-refractivity contribution in [1.29, 1.82) is 0 Å². The van der Waals surface area contributed by atoms with E-state index < -0.39 is 5.60 Å². The molecule has 2 aromatic heterocycles. The zero-order valence-electron chi connectivity index (χ0n) is 11.3. The molecule has 6 nitrogen and oxygen atoms in total. The molecule has 19 heavy (non-hydrogen) atoms. The third-order valence-corrected chi connectivity index (χ3v) is 3.63. The van der Waals surface area contributed by atoms with Crippen LogP contribution in [0, 0.1) is 0 Å². The van der Waals surface area contributed by atoms with Gasteiger partial charge in [-0.25, -0.2) is 4.98 Å². The van der Waals surface area contributed by atoms with Gasteiger partial charge in [-0.05, 0) is 26.7 Å². The van der Waals surface area contributed by atoms with Gasteiger partial charge in [0.2, 0.25) is 11.7 Å². The number of nitrogen functional groups attached to an aromatic ring is 1. The molecular weight excluding hydrogens is 264 g/mol. The number of hydrogen-bond donors (Lipinski definition) is 1. The normalized spacial score (nSPS) is 11.9. The van der Waals surface area contributed by atoms with Gasteiger partial charge >= 0.3 is 0 Å². The van der Waals surface area contributed by atoms with E-state index in [9.17, 15) is 0 Å². The summed E-state index contributed by atoms with van der Waals surface area (Å²) in [7, 11) is 1.63. The number of thiazole rings is 1. The maximum atomic E-state index is 5.58. The molecule has 0 aromatic carbocycles. The van der Waals surface area contributed by atoms with E-state index in [-0.39, 0.29) is 0 Å². The molecule has 0 saturated carbocycles. The molecule has 0 unspecified atom stereocenters. The number of ether oxygens (including phenoxy) is 1. The maximum absolute atomic E-state index is 5.58. The van der Waals surface area contributed by atoms with Crippen molar-refractivity contribution in [2.24, 2.45) is 0 Å². The summed E-state index contributed by atoms with van der Waals surface area (Å²) in [5.74, 6) is 1.20. The van der Waals surface area contributed by atoms with Gasteiger partial charge in [0.1, 0.15) is 5.60 Å². The van der Waals surface area contributed by atoms with Gasteiger partial charge in [-0.1, -0.05) is 5.16 Å². The SMILES string of the molecule is COC(C)(C)c1noc(CCCc2csc(N)n2)n1. The van der Waals surface area contributed by atoms with E-state index in [0.29, 0.717) is 16.8 Å². The van der Waals surface area contributed by atoms with Gasteiger partial charge in [-0.3, -0.25) is 0 Å². The lowest BCUT2D eigenvalue weighted by Gasteiger charge is -2.17. The van der Waals surface area contributed by atoms with E-state index >= 15 is 0 Å². The van der Waals surface area contributed by atoms with Crippen molar-refractivity contribution in [3.8, 4) is 0 Å². The number of rotatable bonds is 6. The number of hydrogen-bond acceptors (Lipinski definition) is 7. The Balaban J connectivity index is 1.87. The van der Waals surface area contributed by atoms with Crippen LogP contribution in [0.3, 0.4) is 0 Å². The highest BCUT2D eigenvalue weighted by Crippen LogP contribution is 2.21. The Morgan fingerprint density at radius 3 is 2.79 bits per heavy atom. The molecule has 0 amide bonds. The summed E-state index contributed by atoms with van der Waals surface area (Å²) in [5, 5.41) is 6.53. The largest absolute Gasteiger partial charge is 0.375 e. The Morgan fingerprint density at radius 1 is 1.37 bits per heavy atom. The van der Waals surface area contributed by atoms with Crippen LogP contribution in [0.2, 0.25) is 0 Å². The minimum Gasteiger partial charge on any atom is -0.375 e. The lowest BCUT2D eigenvalue weighted by Crippen LogP contribution is -2.21. The third-order valence-electron chi connectivity index (χ3n) is 2.91. The van der Waals surface area contributed by atoms with Gasteiger partial charge in [0.05, 0.1) is 5.69 Å². The minimum absolute atomic E-state index is 0.523. The fourth-order valence-electron chi connectivity index (χ4n) is 1.55. The van der Waals surface area contributed by atoms with E-state index in [1.54, 1.807) is 7.11 Å². The second-order valence-corrected chi connectivity index (χ2v) is 5.65. The molecule has 0 spiro atoms. The Labute approximate surface area is 116 Å². The monoisotopic (exact) mass is 282 g/mol. The molecule has 0 atom stereocenters. The van der Waals surface area contributed by atoms with Crippen molar-refractivity contribution in [3.63, 3.8) is 0 Å². The predicted molar refractivity (Wildman–Crippen MR) is 72.9 cm³/mol. The van der Waals surface area contributed by atoms with Crippen LogP contribution in [-0.4, -0.2) is 22.2 Å². The Bertz CT molecular complexity index is 535. The van der Waals surface area contributed by atoms with E-state index in [1.807, 2.05) is 19.2 Å². The highest BCUT2D eigenvalue weighted by molar-refractivity contribution is 7.13. The van der Waals surface area contributed by atoms with Gasteiger partial charge in [0.25, 0.3) is 0 Å². The zero-order chi connectivity index (χ0) is 13.9. The smallest absolute Gasteiger partial charge is 0.226 e. The maximum Gasteiger partial charge on any atom is 0.226 e. The second kappa shape index (κ2) is 5.66. The fourth-order valence-corrected chi connectivity index (χ4v) is 2.15. The summed E-state index contributed by atoms with van der Waals surface area (Å²) < 4.78 is 10.5. The molecule has 2 N–H and O–H groups in total. The van der Waals surface area contributed by atoms with Crippen molar-refractivity contribution < 1.29 is 9.26 Å². The molecule has 0 aliphatic heterocycles. The summed E-state index contributed by atoms with van der Waals surface area (Å²) in [6.07, 6.45) is 2.49. The number of nitrogens with zero attached hydrogens (tertiary/aromatic N) is 3. The third kappa shape index (κ3) is 3.51. The van der Waals surface area contributed by atoms with Crippen molar-refractivity contribution >= 4 is 16.5 Å². The zero-order valence-corrected chi connectivity index (χ0v) is 12.2. The summed E-state index contributed by atoms with van der Waals surface area (Å²) in [6, 6.07) is 0. The highest BCUT2D eigenvalue weighted by atomic mass is 32.1.